The fourth-order valence-electron chi connectivity index (χ4n) is 3.11. The van der Waals surface area contributed by atoms with Crippen LogP contribution in [-0.4, -0.2) is 11.2 Å². The van der Waals surface area contributed by atoms with Gasteiger partial charge in [-0.05, 0) is 54.4 Å². The maximum absolute atomic E-state index is 10.6. The summed E-state index contributed by atoms with van der Waals surface area (Å²) in [6, 6.07) is 16.8. The van der Waals surface area contributed by atoms with Crippen LogP contribution in [0.4, 0.5) is 0 Å². The van der Waals surface area contributed by atoms with Crippen molar-refractivity contribution in [2.45, 2.75) is 31.8 Å². The maximum atomic E-state index is 10.6. The molecule has 0 amide bonds. The lowest BCUT2D eigenvalue weighted by Gasteiger charge is -2.28. The van der Waals surface area contributed by atoms with Gasteiger partial charge in [0.25, 0.3) is 0 Å². The third-order valence-electron chi connectivity index (χ3n) is 4.32. The summed E-state index contributed by atoms with van der Waals surface area (Å²) in [5.74, 6) is 0.372. The SMILES string of the molecule is OC(Cc1ccccc1Br)C1CCc2ccccc2C1. The van der Waals surface area contributed by atoms with Crippen LogP contribution in [-0.2, 0) is 19.3 Å². The first-order chi connectivity index (χ1) is 9.74. The minimum Gasteiger partial charge on any atom is -0.392 e. The van der Waals surface area contributed by atoms with Gasteiger partial charge in [0, 0.05) is 4.47 Å². The zero-order valence-electron chi connectivity index (χ0n) is 11.4. The third kappa shape index (κ3) is 2.97. The number of hydrogen-bond donors (Lipinski definition) is 1. The van der Waals surface area contributed by atoms with E-state index in [0.717, 1.165) is 30.2 Å². The van der Waals surface area contributed by atoms with E-state index >= 15 is 0 Å². The van der Waals surface area contributed by atoms with Gasteiger partial charge in [-0.3, -0.25) is 0 Å². The van der Waals surface area contributed by atoms with Gasteiger partial charge in [0.1, 0.15) is 0 Å². The molecule has 0 radical (unpaired) electrons. The Hall–Kier alpha value is -1.12. The van der Waals surface area contributed by atoms with E-state index in [-0.39, 0.29) is 6.10 Å². The van der Waals surface area contributed by atoms with Crippen LogP contribution in [0.15, 0.2) is 53.0 Å². The standard InChI is InChI=1S/C18H19BrO/c19-17-8-4-3-7-15(17)12-18(20)16-10-9-13-5-1-2-6-14(13)11-16/h1-8,16,18,20H,9-12H2. The van der Waals surface area contributed by atoms with Gasteiger partial charge in [0.15, 0.2) is 0 Å². The van der Waals surface area contributed by atoms with Crippen LogP contribution in [0.25, 0.3) is 0 Å². The first-order valence-corrected chi connectivity index (χ1v) is 8.01. The van der Waals surface area contributed by atoms with E-state index in [1.807, 2.05) is 18.2 Å². The molecule has 104 valence electrons. The van der Waals surface area contributed by atoms with Crippen molar-refractivity contribution in [1.29, 1.82) is 0 Å². The topological polar surface area (TPSA) is 20.2 Å². The number of hydrogen-bond acceptors (Lipinski definition) is 1. The number of aliphatic hydroxyl groups excluding tert-OH is 1. The fraction of sp³-hybridized carbons (Fsp3) is 0.333. The second-order valence-corrected chi connectivity index (χ2v) is 6.49. The van der Waals surface area contributed by atoms with Gasteiger partial charge >= 0.3 is 0 Å². The summed E-state index contributed by atoms with van der Waals surface area (Å²) in [6.45, 7) is 0. The molecule has 3 rings (SSSR count). The predicted molar refractivity (Wildman–Crippen MR) is 85.8 cm³/mol. The highest BCUT2D eigenvalue weighted by Gasteiger charge is 2.25. The molecule has 0 saturated heterocycles. The van der Waals surface area contributed by atoms with Gasteiger partial charge in [-0.15, -0.1) is 0 Å². The molecule has 0 saturated carbocycles. The summed E-state index contributed by atoms with van der Waals surface area (Å²) in [6.07, 6.45) is 3.65. The maximum Gasteiger partial charge on any atom is 0.0612 e. The van der Waals surface area contributed by atoms with E-state index in [4.69, 9.17) is 0 Å². The van der Waals surface area contributed by atoms with Crippen molar-refractivity contribution < 1.29 is 5.11 Å². The molecule has 1 aliphatic rings. The average molecular weight is 331 g/mol. The summed E-state index contributed by atoms with van der Waals surface area (Å²) in [4.78, 5) is 0. The highest BCUT2D eigenvalue weighted by molar-refractivity contribution is 9.10. The quantitative estimate of drug-likeness (QED) is 0.895. The lowest BCUT2D eigenvalue weighted by Crippen LogP contribution is -2.28. The van der Waals surface area contributed by atoms with Gasteiger partial charge in [-0.1, -0.05) is 58.4 Å². The highest BCUT2D eigenvalue weighted by atomic mass is 79.9. The Balaban J connectivity index is 1.70. The Morgan fingerprint density at radius 1 is 1.05 bits per heavy atom. The number of aryl methyl sites for hydroxylation is 1. The van der Waals surface area contributed by atoms with Gasteiger partial charge < -0.3 is 5.11 Å². The molecule has 2 heteroatoms. The molecule has 2 aromatic rings. The molecule has 1 nitrogen and oxygen atoms in total. The van der Waals surface area contributed by atoms with Crippen molar-refractivity contribution in [2.24, 2.45) is 5.92 Å². The second kappa shape index (κ2) is 6.11. The first-order valence-electron chi connectivity index (χ1n) is 7.22. The van der Waals surface area contributed by atoms with Crippen LogP contribution in [0.1, 0.15) is 23.1 Å². The van der Waals surface area contributed by atoms with Gasteiger partial charge in [0.05, 0.1) is 6.10 Å². The number of fused-ring (bicyclic) bond motifs is 1. The molecule has 20 heavy (non-hydrogen) atoms. The third-order valence-corrected chi connectivity index (χ3v) is 5.09. The molecular formula is C18H19BrO. The Kier molecular flexibility index (Phi) is 4.23. The lowest BCUT2D eigenvalue weighted by atomic mass is 9.79. The molecule has 0 bridgehead atoms. The zero-order chi connectivity index (χ0) is 13.9. The van der Waals surface area contributed by atoms with Crippen LogP contribution < -0.4 is 0 Å². The second-order valence-electron chi connectivity index (χ2n) is 5.63. The first kappa shape index (κ1) is 13.8. The average Bonchev–Trinajstić information content (AvgIpc) is 2.49. The van der Waals surface area contributed by atoms with Gasteiger partial charge in [-0.2, -0.15) is 0 Å². The van der Waals surface area contributed by atoms with Crippen molar-refractivity contribution >= 4 is 15.9 Å². The molecule has 2 unspecified atom stereocenters. The largest absolute Gasteiger partial charge is 0.392 e. The molecule has 0 aliphatic heterocycles. The van der Waals surface area contributed by atoms with Crippen molar-refractivity contribution in [3.05, 3.63) is 69.7 Å². The minimum absolute atomic E-state index is 0.262. The van der Waals surface area contributed by atoms with Crippen LogP contribution >= 0.6 is 15.9 Å². The molecular weight excluding hydrogens is 312 g/mol. The normalized spacial score (nSPS) is 19.4. The molecule has 0 spiro atoms. The van der Waals surface area contributed by atoms with Gasteiger partial charge in [-0.25, -0.2) is 0 Å². The van der Waals surface area contributed by atoms with Crippen LogP contribution in [0.3, 0.4) is 0 Å². The Morgan fingerprint density at radius 2 is 1.75 bits per heavy atom. The molecule has 0 heterocycles. The van der Waals surface area contributed by atoms with E-state index in [0.29, 0.717) is 5.92 Å². The molecule has 1 N–H and O–H groups in total. The molecule has 2 atom stereocenters. The fourth-order valence-corrected chi connectivity index (χ4v) is 3.56. The minimum atomic E-state index is -0.262. The van der Waals surface area contributed by atoms with Gasteiger partial charge in [0.2, 0.25) is 0 Å². The molecule has 0 fully saturated rings. The smallest absolute Gasteiger partial charge is 0.0612 e. The number of benzene rings is 2. The highest BCUT2D eigenvalue weighted by Crippen LogP contribution is 2.29. The zero-order valence-corrected chi connectivity index (χ0v) is 13.0. The van der Waals surface area contributed by atoms with Crippen molar-refractivity contribution in [1.82, 2.24) is 0 Å². The Labute approximate surface area is 128 Å². The molecule has 0 aromatic heterocycles. The molecule has 2 aromatic carbocycles. The lowest BCUT2D eigenvalue weighted by molar-refractivity contribution is 0.0991. The van der Waals surface area contributed by atoms with Crippen molar-refractivity contribution in [3.8, 4) is 0 Å². The number of rotatable bonds is 3. The predicted octanol–water partition coefficient (Wildman–Crippen LogP) is 4.16. The molecule has 1 aliphatic carbocycles. The summed E-state index contributed by atoms with van der Waals surface area (Å²) < 4.78 is 1.09. The van der Waals surface area contributed by atoms with E-state index in [1.54, 1.807) is 0 Å². The van der Waals surface area contributed by atoms with Crippen molar-refractivity contribution in [3.63, 3.8) is 0 Å². The summed E-state index contributed by atoms with van der Waals surface area (Å²) in [7, 11) is 0. The monoisotopic (exact) mass is 330 g/mol. The number of aliphatic hydroxyl groups is 1. The van der Waals surface area contributed by atoms with Crippen LogP contribution in [0.5, 0.6) is 0 Å². The van der Waals surface area contributed by atoms with E-state index in [1.165, 1.54) is 16.7 Å². The van der Waals surface area contributed by atoms with E-state index < -0.39 is 0 Å². The van der Waals surface area contributed by atoms with Crippen LogP contribution in [0, 0.1) is 5.92 Å². The summed E-state index contributed by atoms with van der Waals surface area (Å²) in [5, 5.41) is 10.6. The van der Waals surface area contributed by atoms with Crippen LogP contribution in [0.2, 0.25) is 0 Å². The van der Waals surface area contributed by atoms with Crippen molar-refractivity contribution in [2.75, 3.05) is 0 Å². The number of halogens is 1. The summed E-state index contributed by atoms with van der Waals surface area (Å²) in [5.41, 5.74) is 4.06. The summed E-state index contributed by atoms with van der Waals surface area (Å²) >= 11 is 3.56. The van der Waals surface area contributed by atoms with E-state index in [2.05, 4.69) is 46.3 Å². The Bertz CT molecular complexity index is 593. The Morgan fingerprint density at radius 3 is 2.55 bits per heavy atom. The van der Waals surface area contributed by atoms with E-state index in [9.17, 15) is 5.11 Å².